The van der Waals surface area contributed by atoms with Crippen LogP contribution in [0, 0.1) is 5.92 Å². The molecular formula is C22H28ClNO4S. The Labute approximate surface area is 178 Å². The van der Waals surface area contributed by atoms with Crippen molar-refractivity contribution in [1.82, 2.24) is 4.90 Å². The number of methoxy groups -OCH3 is 1. The zero-order valence-electron chi connectivity index (χ0n) is 16.9. The summed E-state index contributed by atoms with van der Waals surface area (Å²) in [5, 5.41) is 0.772. The van der Waals surface area contributed by atoms with Crippen LogP contribution in [0.5, 0.6) is 5.75 Å². The maximum Gasteiger partial charge on any atom is 0.175 e. The quantitative estimate of drug-likeness (QED) is 0.630. The SMILES string of the molecule is COC1CCN(CCc2cccc(Cl)c2)C[C@@H]1COc1ccc(S(C)(=O)=O)cc1. The molecule has 1 saturated heterocycles. The number of halogens is 1. The lowest BCUT2D eigenvalue weighted by atomic mass is 9.95. The Morgan fingerprint density at radius 2 is 1.93 bits per heavy atom. The van der Waals surface area contributed by atoms with Crippen LogP contribution >= 0.6 is 11.6 Å². The van der Waals surface area contributed by atoms with Crippen LogP contribution in [-0.2, 0) is 21.0 Å². The molecule has 1 fully saturated rings. The summed E-state index contributed by atoms with van der Waals surface area (Å²) >= 11 is 6.08. The largest absolute Gasteiger partial charge is 0.493 e. The van der Waals surface area contributed by atoms with E-state index in [1.165, 1.54) is 11.8 Å². The Balaban J connectivity index is 1.55. The number of hydrogen-bond acceptors (Lipinski definition) is 5. The molecule has 0 spiro atoms. The van der Waals surface area contributed by atoms with Gasteiger partial charge in [-0.1, -0.05) is 23.7 Å². The number of benzene rings is 2. The molecule has 158 valence electrons. The number of likely N-dealkylation sites (tertiary alicyclic amines) is 1. The third kappa shape index (κ3) is 6.44. The second-order valence-corrected chi connectivity index (χ2v) is 10.0. The van der Waals surface area contributed by atoms with Gasteiger partial charge in [0, 0.05) is 43.9 Å². The lowest BCUT2D eigenvalue weighted by Gasteiger charge is -2.37. The van der Waals surface area contributed by atoms with Crippen LogP contribution in [0.25, 0.3) is 0 Å². The molecule has 7 heteroatoms. The van der Waals surface area contributed by atoms with E-state index in [0.29, 0.717) is 17.3 Å². The van der Waals surface area contributed by atoms with Crippen LogP contribution in [-0.4, -0.2) is 59.0 Å². The lowest BCUT2D eigenvalue weighted by molar-refractivity contribution is -0.0225. The average molecular weight is 438 g/mol. The van der Waals surface area contributed by atoms with E-state index in [0.717, 1.165) is 37.5 Å². The second kappa shape index (κ2) is 9.94. The van der Waals surface area contributed by atoms with Gasteiger partial charge in [-0.3, -0.25) is 0 Å². The fourth-order valence-electron chi connectivity index (χ4n) is 3.73. The van der Waals surface area contributed by atoms with Crippen LogP contribution < -0.4 is 4.74 Å². The molecule has 29 heavy (non-hydrogen) atoms. The summed E-state index contributed by atoms with van der Waals surface area (Å²) in [5.74, 6) is 0.922. The minimum atomic E-state index is -3.20. The zero-order valence-corrected chi connectivity index (χ0v) is 18.5. The van der Waals surface area contributed by atoms with Crippen molar-refractivity contribution < 1.29 is 17.9 Å². The first-order chi connectivity index (χ1) is 13.8. The minimum Gasteiger partial charge on any atom is -0.493 e. The van der Waals surface area contributed by atoms with Crippen LogP contribution in [0.2, 0.25) is 5.02 Å². The molecule has 3 rings (SSSR count). The summed E-state index contributed by atoms with van der Waals surface area (Å²) in [6, 6.07) is 14.6. The molecule has 0 N–H and O–H groups in total. The van der Waals surface area contributed by atoms with Gasteiger partial charge in [-0.2, -0.15) is 0 Å². The number of piperidine rings is 1. The molecule has 1 aliphatic rings. The van der Waals surface area contributed by atoms with Gasteiger partial charge in [-0.05, 0) is 54.8 Å². The molecule has 0 amide bonds. The van der Waals surface area contributed by atoms with E-state index in [2.05, 4.69) is 11.0 Å². The van der Waals surface area contributed by atoms with Crippen LogP contribution in [0.3, 0.4) is 0 Å². The highest BCUT2D eigenvalue weighted by molar-refractivity contribution is 7.90. The number of ether oxygens (including phenoxy) is 2. The molecule has 0 bridgehead atoms. The zero-order chi connectivity index (χ0) is 20.9. The van der Waals surface area contributed by atoms with Crippen LogP contribution in [0.15, 0.2) is 53.4 Å². The molecule has 2 atom stereocenters. The summed E-state index contributed by atoms with van der Waals surface area (Å²) in [7, 11) is -1.45. The maximum absolute atomic E-state index is 11.6. The van der Waals surface area contributed by atoms with Crippen molar-refractivity contribution in [1.29, 1.82) is 0 Å². The van der Waals surface area contributed by atoms with E-state index in [9.17, 15) is 8.42 Å². The van der Waals surface area contributed by atoms with Crippen molar-refractivity contribution in [3.05, 3.63) is 59.1 Å². The molecule has 1 unspecified atom stereocenters. The third-order valence-electron chi connectivity index (χ3n) is 5.37. The highest BCUT2D eigenvalue weighted by Crippen LogP contribution is 2.23. The van der Waals surface area contributed by atoms with E-state index < -0.39 is 9.84 Å². The van der Waals surface area contributed by atoms with Gasteiger partial charge in [-0.25, -0.2) is 8.42 Å². The van der Waals surface area contributed by atoms with Gasteiger partial charge in [0.05, 0.1) is 17.6 Å². The number of sulfone groups is 1. The highest BCUT2D eigenvalue weighted by Gasteiger charge is 2.29. The number of rotatable bonds is 8. The Morgan fingerprint density at radius 1 is 1.17 bits per heavy atom. The van der Waals surface area contributed by atoms with Gasteiger partial charge in [0.2, 0.25) is 0 Å². The first-order valence-electron chi connectivity index (χ1n) is 9.77. The topological polar surface area (TPSA) is 55.8 Å². The number of hydrogen-bond donors (Lipinski definition) is 0. The van der Waals surface area contributed by atoms with E-state index >= 15 is 0 Å². The molecule has 0 saturated carbocycles. The summed E-state index contributed by atoms with van der Waals surface area (Å²) in [6.45, 7) is 3.40. The molecule has 2 aromatic carbocycles. The first-order valence-corrected chi connectivity index (χ1v) is 12.0. The first kappa shape index (κ1) is 22.1. The van der Waals surface area contributed by atoms with Crippen LogP contribution in [0.1, 0.15) is 12.0 Å². The Bertz CT molecular complexity index is 901. The predicted molar refractivity (Wildman–Crippen MR) is 116 cm³/mol. The lowest BCUT2D eigenvalue weighted by Crippen LogP contribution is -2.46. The molecular weight excluding hydrogens is 410 g/mol. The third-order valence-corrected chi connectivity index (χ3v) is 6.74. The minimum absolute atomic E-state index is 0.160. The van der Waals surface area contributed by atoms with E-state index in [-0.39, 0.29) is 12.0 Å². The molecule has 1 heterocycles. The van der Waals surface area contributed by atoms with E-state index in [1.54, 1.807) is 31.4 Å². The Hall–Kier alpha value is -1.60. The van der Waals surface area contributed by atoms with E-state index in [1.807, 2.05) is 18.2 Å². The molecule has 0 aromatic heterocycles. The summed E-state index contributed by atoms with van der Waals surface area (Å²) < 4.78 is 34.8. The van der Waals surface area contributed by atoms with Gasteiger partial charge in [0.25, 0.3) is 0 Å². The van der Waals surface area contributed by atoms with Gasteiger partial charge < -0.3 is 14.4 Å². The smallest absolute Gasteiger partial charge is 0.175 e. The standard InChI is InChI=1S/C22H28ClNO4S/c1-27-22-11-13-24(12-10-17-4-3-5-19(23)14-17)15-18(22)16-28-20-6-8-21(9-7-20)29(2,25)26/h3-9,14,18,22H,10-13,15-16H2,1-2H3/t18-,22?/m1/s1. The highest BCUT2D eigenvalue weighted by atomic mass is 35.5. The second-order valence-electron chi connectivity index (χ2n) is 7.56. The maximum atomic E-state index is 11.6. The average Bonchev–Trinajstić information content (AvgIpc) is 2.70. The van der Waals surface area contributed by atoms with Gasteiger partial charge in [0.1, 0.15) is 5.75 Å². The summed E-state index contributed by atoms with van der Waals surface area (Å²) in [5.41, 5.74) is 1.24. The van der Waals surface area contributed by atoms with Crippen molar-refractivity contribution >= 4 is 21.4 Å². The van der Waals surface area contributed by atoms with Gasteiger partial charge >= 0.3 is 0 Å². The normalized spacial score (nSPS) is 20.5. The van der Waals surface area contributed by atoms with Crippen molar-refractivity contribution in [3.8, 4) is 5.75 Å². The molecule has 1 aliphatic heterocycles. The summed E-state index contributed by atoms with van der Waals surface area (Å²) in [6.07, 6.45) is 3.28. The van der Waals surface area contributed by atoms with Crippen molar-refractivity contribution in [2.24, 2.45) is 5.92 Å². The van der Waals surface area contributed by atoms with Crippen molar-refractivity contribution in [2.45, 2.75) is 23.8 Å². The van der Waals surface area contributed by atoms with Crippen molar-refractivity contribution in [3.63, 3.8) is 0 Å². The number of nitrogens with zero attached hydrogens (tertiary/aromatic N) is 1. The van der Waals surface area contributed by atoms with Gasteiger partial charge in [-0.15, -0.1) is 0 Å². The monoisotopic (exact) mass is 437 g/mol. The summed E-state index contributed by atoms with van der Waals surface area (Å²) in [4.78, 5) is 2.74. The predicted octanol–water partition coefficient (Wildman–Crippen LogP) is 3.70. The fraction of sp³-hybridized carbons (Fsp3) is 0.455. The fourth-order valence-corrected chi connectivity index (χ4v) is 4.57. The van der Waals surface area contributed by atoms with Gasteiger partial charge in [0.15, 0.2) is 9.84 Å². The molecule has 5 nitrogen and oxygen atoms in total. The molecule has 0 aliphatic carbocycles. The molecule has 2 aromatic rings. The Morgan fingerprint density at radius 3 is 2.59 bits per heavy atom. The molecule has 0 radical (unpaired) electrons. The van der Waals surface area contributed by atoms with E-state index in [4.69, 9.17) is 21.1 Å². The Kier molecular flexibility index (Phi) is 7.57. The van der Waals surface area contributed by atoms with Crippen LogP contribution in [0.4, 0.5) is 0 Å². The van der Waals surface area contributed by atoms with Crippen molar-refractivity contribution in [2.75, 3.05) is 39.6 Å².